The average Bonchev–Trinajstić information content (AvgIpc) is 2.80. The molecule has 1 amide bonds. The van der Waals surface area contributed by atoms with Gasteiger partial charge < -0.3 is 23.7 Å². The van der Waals surface area contributed by atoms with Gasteiger partial charge in [-0.3, -0.25) is 10.1 Å². The summed E-state index contributed by atoms with van der Waals surface area (Å²) in [6.07, 6.45) is 1.64. The van der Waals surface area contributed by atoms with Crippen LogP contribution < -0.4 is 20.3 Å². The predicted octanol–water partition coefficient (Wildman–Crippen LogP) is 5.69. The van der Waals surface area contributed by atoms with Gasteiger partial charge in [0.15, 0.2) is 0 Å². The third-order valence-corrected chi connectivity index (χ3v) is 6.19. The molecule has 0 radical (unpaired) electrons. The molecule has 0 bridgehead atoms. The number of aryl methyl sites for hydroxylation is 1. The number of benzene rings is 1. The molecule has 11 heteroatoms. The summed E-state index contributed by atoms with van der Waals surface area (Å²) in [4.78, 5) is 32.6. The lowest BCUT2D eigenvalue weighted by Crippen LogP contribution is -2.28. The maximum Gasteiger partial charge on any atom is 0.413 e. The summed E-state index contributed by atoms with van der Waals surface area (Å²) in [5.74, 6) is 0.910. The van der Waals surface area contributed by atoms with Crippen LogP contribution >= 0.6 is 23.2 Å². The number of halogens is 2. The summed E-state index contributed by atoms with van der Waals surface area (Å²) in [5, 5.41) is 3.68. The lowest BCUT2D eigenvalue weighted by Gasteiger charge is -2.20. The SMILES string of the molecule is COc1cc(OC)c(Cl)c(-c2cc3cnc(NC(=O)OC(C)(C)C)cc3n(CCCN(C)C)c2=O)c1Cl. The van der Waals surface area contributed by atoms with Crippen molar-refractivity contribution >= 4 is 46.0 Å². The van der Waals surface area contributed by atoms with Crippen molar-refractivity contribution in [3.8, 4) is 22.6 Å². The van der Waals surface area contributed by atoms with Gasteiger partial charge in [0.1, 0.15) is 22.9 Å². The second-order valence-electron chi connectivity index (χ2n) is 9.71. The Hall–Kier alpha value is -3.01. The molecule has 1 aromatic carbocycles. The van der Waals surface area contributed by atoms with Crippen LogP contribution in [0.3, 0.4) is 0 Å². The Balaban J connectivity index is 2.22. The number of hydrogen-bond donors (Lipinski definition) is 1. The number of carbonyl (C=O) groups is 1. The number of pyridine rings is 2. The first-order chi connectivity index (χ1) is 17.4. The van der Waals surface area contributed by atoms with Gasteiger partial charge in [-0.25, -0.2) is 9.78 Å². The van der Waals surface area contributed by atoms with Crippen molar-refractivity contribution in [3.05, 3.63) is 44.8 Å². The number of ether oxygens (including phenoxy) is 3. The normalized spacial score (nSPS) is 11.6. The van der Waals surface area contributed by atoms with Crippen LogP contribution in [0.25, 0.3) is 22.0 Å². The number of anilines is 1. The monoisotopic (exact) mass is 550 g/mol. The molecule has 2 aromatic heterocycles. The summed E-state index contributed by atoms with van der Waals surface area (Å²) in [6, 6.07) is 4.90. The fraction of sp³-hybridized carbons (Fsp3) is 0.423. The molecule has 37 heavy (non-hydrogen) atoms. The number of amides is 1. The van der Waals surface area contributed by atoms with Gasteiger partial charge in [0.2, 0.25) is 0 Å². The van der Waals surface area contributed by atoms with Crippen LogP contribution in [0.1, 0.15) is 27.2 Å². The molecule has 0 fully saturated rings. The largest absolute Gasteiger partial charge is 0.495 e. The van der Waals surface area contributed by atoms with E-state index in [-0.39, 0.29) is 27.0 Å². The van der Waals surface area contributed by atoms with Crippen molar-refractivity contribution in [1.82, 2.24) is 14.5 Å². The van der Waals surface area contributed by atoms with Crippen LogP contribution in [0, 0.1) is 0 Å². The maximum atomic E-state index is 13.9. The predicted molar refractivity (Wildman–Crippen MR) is 148 cm³/mol. The number of carbonyl (C=O) groups excluding carboxylic acids is 1. The first-order valence-electron chi connectivity index (χ1n) is 11.6. The molecule has 2 heterocycles. The molecular formula is C26H32Cl2N4O5. The van der Waals surface area contributed by atoms with E-state index >= 15 is 0 Å². The fourth-order valence-corrected chi connectivity index (χ4v) is 4.52. The Bertz CT molecular complexity index is 1340. The number of methoxy groups -OCH3 is 2. The minimum atomic E-state index is -0.666. The van der Waals surface area contributed by atoms with Crippen molar-refractivity contribution < 1.29 is 19.0 Å². The smallest absolute Gasteiger partial charge is 0.413 e. The number of aromatic nitrogens is 2. The highest BCUT2D eigenvalue weighted by Crippen LogP contribution is 2.45. The molecule has 0 spiro atoms. The Morgan fingerprint density at radius 2 is 1.70 bits per heavy atom. The van der Waals surface area contributed by atoms with Crippen molar-refractivity contribution in [1.29, 1.82) is 0 Å². The van der Waals surface area contributed by atoms with Gasteiger partial charge in [0.25, 0.3) is 5.56 Å². The van der Waals surface area contributed by atoms with Crippen molar-refractivity contribution in [2.24, 2.45) is 0 Å². The zero-order chi connectivity index (χ0) is 27.5. The van der Waals surface area contributed by atoms with E-state index in [0.29, 0.717) is 40.9 Å². The van der Waals surface area contributed by atoms with Crippen molar-refractivity contribution in [2.75, 3.05) is 40.2 Å². The van der Waals surface area contributed by atoms with Crippen LogP contribution in [0.15, 0.2) is 29.2 Å². The molecule has 0 aliphatic heterocycles. The minimum Gasteiger partial charge on any atom is -0.495 e. The highest BCUT2D eigenvalue weighted by atomic mass is 35.5. The molecule has 0 aliphatic rings. The first-order valence-corrected chi connectivity index (χ1v) is 12.4. The van der Waals surface area contributed by atoms with Gasteiger partial charge in [0, 0.05) is 35.8 Å². The number of hydrogen-bond acceptors (Lipinski definition) is 7. The van der Waals surface area contributed by atoms with E-state index in [1.165, 1.54) is 14.2 Å². The molecule has 0 saturated heterocycles. The second kappa shape index (κ2) is 11.6. The zero-order valence-electron chi connectivity index (χ0n) is 22.1. The molecule has 0 atom stereocenters. The molecule has 3 aromatic rings. The maximum absolute atomic E-state index is 13.9. The summed E-state index contributed by atoms with van der Waals surface area (Å²) in [5.41, 5.74) is 0.207. The first kappa shape index (κ1) is 28.6. The number of nitrogens with zero attached hydrogens (tertiary/aromatic N) is 3. The lowest BCUT2D eigenvalue weighted by atomic mass is 10.0. The summed E-state index contributed by atoms with van der Waals surface area (Å²) in [6.45, 7) is 6.49. The number of rotatable bonds is 8. The Morgan fingerprint density at radius 3 is 2.24 bits per heavy atom. The van der Waals surface area contributed by atoms with Gasteiger partial charge in [-0.2, -0.15) is 0 Å². The van der Waals surface area contributed by atoms with E-state index < -0.39 is 11.7 Å². The standard InChI is InChI=1S/C26H32Cl2N4O5/c1-26(2,3)37-25(34)30-20-12-17-15(14-29-20)11-16(24(33)32(17)10-8-9-31(4)5)21-22(27)18(35-6)13-19(36-7)23(21)28/h11-14H,8-10H2,1-7H3,(H,29,30,34). The molecule has 0 aliphatic carbocycles. The molecule has 200 valence electrons. The van der Waals surface area contributed by atoms with Gasteiger partial charge in [-0.1, -0.05) is 23.2 Å². The average molecular weight is 551 g/mol. The van der Waals surface area contributed by atoms with Gasteiger partial charge in [0.05, 0.1) is 35.3 Å². The highest BCUT2D eigenvalue weighted by Gasteiger charge is 2.23. The summed E-state index contributed by atoms with van der Waals surface area (Å²) in [7, 11) is 6.88. The van der Waals surface area contributed by atoms with E-state index in [1.807, 2.05) is 19.0 Å². The van der Waals surface area contributed by atoms with Crippen LogP contribution in [0.4, 0.5) is 10.6 Å². The summed E-state index contributed by atoms with van der Waals surface area (Å²) >= 11 is 13.3. The van der Waals surface area contributed by atoms with Crippen LogP contribution in [-0.2, 0) is 11.3 Å². The van der Waals surface area contributed by atoms with Gasteiger partial charge in [-0.15, -0.1) is 0 Å². The second-order valence-corrected chi connectivity index (χ2v) is 10.5. The molecule has 9 nitrogen and oxygen atoms in total. The quantitative estimate of drug-likeness (QED) is 0.385. The number of nitrogens with one attached hydrogen (secondary N) is 1. The van der Waals surface area contributed by atoms with Crippen LogP contribution in [-0.4, -0.2) is 61.0 Å². The van der Waals surface area contributed by atoms with Crippen molar-refractivity contribution in [3.63, 3.8) is 0 Å². The van der Waals surface area contributed by atoms with E-state index in [4.69, 9.17) is 37.4 Å². The fourth-order valence-electron chi connectivity index (χ4n) is 3.82. The van der Waals surface area contributed by atoms with Crippen molar-refractivity contribution in [2.45, 2.75) is 39.3 Å². The third kappa shape index (κ3) is 6.66. The third-order valence-electron chi connectivity index (χ3n) is 5.44. The Kier molecular flexibility index (Phi) is 8.94. The van der Waals surface area contributed by atoms with Crippen LogP contribution in [0.5, 0.6) is 11.5 Å². The number of fused-ring (bicyclic) bond motifs is 1. The lowest BCUT2D eigenvalue weighted by molar-refractivity contribution is 0.0635. The molecule has 3 rings (SSSR count). The molecular weight excluding hydrogens is 519 g/mol. The molecule has 0 saturated carbocycles. The molecule has 0 unspecified atom stereocenters. The van der Waals surface area contributed by atoms with Crippen LogP contribution in [0.2, 0.25) is 10.0 Å². The van der Waals surface area contributed by atoms with E-state index in [1.54, 1.807) is 49.7 Å². The minimum absolute atomic E-state index is 0.195. The molecule has 1 N–H and O–H groups in total. The van der Waals surface area contributed by atoms with E-state index in [9.17, 15) is 9.59 Å². The van der Waals surface area contributed by atoms with E-state index in [2.05, 4.69) is 10.3 Å². The van der Waals surface area contributed by atoms with E-state index in [0.717, 1.165) is 6.54 Å². The Labute approximate surface area is 226 Å². The van der Waals surface area contributed by atoms with Gasteiger partial charge >= 0.3 is 6.09 Å². The highest BCUT2D eigenvalue weighted by molar-refractivity contribution is 6.41. The topological polar surface area (TPSA) is 94.9 Å². The zero-order valence-corrected chi connectivity index (χ0v) is 23.6. The summed E-state index contributed by atoms with van der Waals surface area (Å²) < 4.78 is 17.7. The Morgan fingerprint density at radius 1 is 1.08 bits per heavy atom. The van der Waals surface area contributed by atoms with Gasteiger partial charge in [-0.05, 0) is 53.9 Å².